The Morgan fingerprint density at radius 3 is 1.60 bits per heavy atom. The molecule has 0 aliphatic heterocycles. The van der Waals surface area contributed by atoms with Gasteiger partial charge < -0.3 is 9.44 Å². The van der Waals surface area contributed by atoms with Gasteiger partial charge in [0.25, 0.3) is 0 Å². The summed E-state index contributed by atoms with van der Waals surface area (Å²) in [5, 5.41) is 4.70. The number of ether oxygens (including phenoxy) is 1. The summed E-state index contributed by atoms with van der Waals surface area (Å²) in [4.78, 5) is 2.63. The van der Waals surface area contributed by atoms with Gasteiger partial charge in [-0.05, 0) is 68.5 Å². The van der Waals surface area contributed by atoms with Crippen molar-refractivity contribution in [3.63, 3.8) is 0 Å². The summed E-state index contributed by atoms with van der Waals surface area (Å²) in [5.74, 6) is 15.8. The van der Waals surface area contributed by atoms with Crippen LogP contribution < -0.4 is 9.44 Å². The fourth-order valence-corrected chi connectivity index (χ4v) is 4.24. The molecule has 0 radical (unpaired) electrons. The van der Waals surface area contributed by atoms with Crippen molar-refractivity contribution in [2.45, 2.75) is 81.9 Å². The molecule has 2 rings (SSSR count). The molecule has 0 amide bonds. The van der Waals surface area contributed by atoms with E-state index in [0.717, 1.165) is 18.8 Å². The van der Waals surface area contributed by atoms with Crippen LogP contribution in [0.1, 0.15) is 72.1 Å². The van der Waals surface area contributed by atoms with E-state index in [9.17, 15) is 18.3 Å². The molecule has 0 aromatic heterocycles. The zero-order valence-corrected chi connectivity index (χ0v) is 28.7. The van der Waals surface area contributed by atoms with Crippen LogP contribution in [0.4, 0.5) is 14.1 Å². The van der Waals surface area contributed by atoms with Gasteiger partial charge in [0.05, 0.1) is 6.61 Å². The molecule has 2 aromatic carbocycles. The van der Waals surface area contributed by atoms with Crippen molar-refractivity contribution in [2.75, 3.05) is 6.61 Å². The normalized spacial score (nSPS) is 10.2. The minimum atomic E-state index is -9.19. The Hall–Kier alpha value is -2.62. The van der Waals surface area contributed by atoms with Gasteiger partial charge in [-0.3, -0.25) is 0 Å². The summed E-state index contributed by atoms with van der Waals surface area (Å²) < 4.78 is 66.2. The number of hydrogen-bond donors (Lipinski definition) is 0. The fraction of sp³-hybridized carbons (Fsp3) is 0.375. The van der Waals surface area contributed by atoms with Crippen LogP contribution in [0.25, 0.3) is 0 Å². The van der Waals surface area contributed by atoms with Crippen molar-refractivity contribution >= 4 is 42.9 Å². The first kappa shape index (κ1) is 42.5. The van der Waals surface area contributed by atoms with E-state index in [4.69, 9.17) is 4.74 Å². The summed E-state index contributed by atoms with van der Waals surface area (Å²) in [6.07, 6.45) is 10.7. The number of thiol groups is 1. The van der Waals surface area contributed by atoms with Crippen molar-refractivity contribution in [3.8, 4) is 51.8 Å². The summed E-state index contributed by atoms with van der Waals surface area (Å²) >= 11 is -7.94. The van der Waals surface area contributed by atoms with Gasteiger partial charge in [0.1, 0.15) is 5.75 Å². The third-order valence-electron chi connectivity index (χ3n) is 4.78. The molecule has 0 aliphatic carbocycles. The molecule has 2 nitrogen and oxygen atoms in total. The van der Waals surface area contributed by atoms with Crippen molar-refractivity contribution in [1.82, 2.24) is 0 Å². The quantitative estimate of drug-likeness (QED) is 0.0678. The van der Waals surface area contributed by atoms with Gasteiger partial charge in [-0.1, -0.05) is 81.9 Å². The van der Waals surface area contributed by atoms with Gasteiger partial charge in [0, 0.05) is 34.1 Å². The monoisotopic (exact) mass is 752 g/mol. The SMILES string of the molecule is CC#CC#CS(=O)C#CC#CC.CCCCCCCCCCOc1ccc([SH+]c2ccccc2)cc1.[F-].[F][Sb]([F])([F])([F])[F]. The Morgan fingerprint density at radius 1 is 0.698 bits per heavy atom. The van der Waals surface area contributed by atoms with Crippen molar-refractivity contribution in [2.24, 2.45) is 0 Å². The van der Waals surface area contributed by atoms with Crippen LogP contribution in [0.2, 0.25) is 0 Å². The molecule has 11 heteroatoms. The van der Waals surface area contributed by atoms with Gasteiger partial charge in [-0.15, -0.1) is 0 Å². The Kier molecular flexibility index (Phi) is 25.5. The number of halogens is 6. The number of benzene rings is 2. The Bertz CT molecular complexity index is 1240. The zero-order valence-electron chi connectivity index (χ0n) is 24.4. The number of rotatable bonds is 12. The zero-order chi connectivity index (χ0) is 31.6. The van der Waals surface area contributed by atoms with E-state index in [2.05, 4.69) is 108 Å². The van der Waals surface area contributed by atoms with E-state index in [0.29, 0.717) is 0 Å². The topological polar surface area (TPSA) is 26.3 Å². The first-order valence-electron chi connectivity index (χ1n) is 13.3. The fourth-order valence-electron chi connectivity index (χ4n) is 2.99. The molecule has 0 fully saturated rings. The molecular weight excluding hydrogens is 716 g/mol. The molecule has 0 spiro atoms. The summed E-state index contributed by atoms with van der Waals surface area (Å²) in [7, 11) is -1.45. The van der Waals surface area contributed by atoms with Crippen molar-refractivity contribution < 1.29 is 27.7 Å². The maximum atomic E-state index is 10.8. The average Bonchev–Trinajstić information content (AvgIpc) is 2.93. The molecular formula is C32H37F6O2S2Sb. The van der Waals surface area contributed by atoms with E-state index in [1.54, 1.807) is 13.8 Å². The van der Waals surface area contributed by atoms with Gasteiger partial charge in [0.15, 0.2) is 20.6 Å². The second kappa shape index (κ2) is 25.8. The summed E-state index contributed by atoms with van der Waals surface area (Å²) in [6, 6.07) is 19.1. The molecule has 0 atom stereocenters. The second-order valence-corrected chi connectivity index (χ2v) is 14.2. The summed E-state index contributed by atoms with van der Waals surface area (Å²) in [5.41, 5.74) is 0. The average molecular weight is 754 g/mol. The van der Waals surface area contributed by atoms with Crippen LogP contribution >= 0.6 is 0 Å². The third-order valence-corrected chi connectivity index (χ3v) is 6.47. The molecule has 0 saturated heterocycles. The van der Waals surface area contributed by atoms with Crippen LogP contribution in [-0.2, 0) is 22.6 Å². The van der Waals surface area contributed by atoms with Crippen LogP contribution in [0.5, 0.6) is 5.75 Å². The molecule has 43 heavy (non-hydrogen) atoms. The standard InChI is InChI=1S/C22H30OS.C10H6OS.6FH.Sb/c1-2-3-4-5-6-7-8-12-19-23-20-15-17-22(18-16-20)24-21-13-10-9-11-14-21;1-3-5-7-9-12(11)10-8-6-4-2;;;;;;;/h9-11,13-18H,2-8,12,19H2,1H3;1-2H3;6*1H;/q;;;;;;;;+5/p-5. The Balaban J connectivity index is 0. The molecule has 0 aliphatic rings. The first-order chi connectivity index (χ1) is 19.9. The van der Waals surface area contributed by atoms with Crippen molar-refractivity contribution in [1.29, 1.82) is 0 Å². The molecule has 0 N–H and O–H groups in total. The Morgan fingerprint density at radius 2 is 1.14 bits per heavy atom. The molecule has 0 saturated carbocycles. The molecule has 0 bridgehead atoms. The predicted octanol–water partition coefficient (Wildman–Crippen LogP) is 5.87. The number of hydrogen-bond acceptors (Lipinski definition) is 2. The first-order valence-corrected chi connectivity index (χ1v) is 20.2. The number of unbranched alkanes of at least 4 members (excludes halogenated alkanes) is 7. The van der Waals surface area contributed by atoms with E-state index in [1.165, 1.54) is 66.5 Å². The summed E-state index contributed by atoms with van der Waals surface area (Å²) in [6.45, 7) is 6.42. The van der Waals surface area contributed by atoms with Crippen LogP contribution in [-0.4, -0.2) is 31.1 Å². The molecule has 2 aromatic rings. The third kappa shape index (κ3) is 33.7. The van der Waals surface area contributed by atoms with E-state index in [1.807, 2.05) is 0 Å². The molecule has 0 unspecified atom stereocenters. The van der Waals surface area contributed by atoms with Crippen LogP contribution in [0.15, 0.2) is 64.4 Å². The predicted molar refractivity (Wildman–Crippen MR) is 168 cm³/mol. The maximum absolute atomic E-state index is 10.8. The van der Waals surface area contributed by atoms with Gasteiger partial charge >= 0.3 is 34.4 Å². The van der Waals surface area contributed by atoms with Crippen molar-refractivity contribution in [3.05, 3.63) is 54.6 Å². The Labute approximate surface area is 264 Å². The molecule has 236 valence electrons. The van der Waals surface area contributed by atoms with E-state index >= 15 is 0 Å². The minimum absolute atomic E-state index is 0. The van der Waals surface area contributed by atoms with E-state index in [-0.39, 0.29) is 4.70 Å². The van der Waals surface area contributed by atoms with E-state index < -0.39 is 31.1 Å². The molecule has 0 heterocycles. The van der Waals surface area contributed by atoms with Gasteiger partial charge in [0.2, 0.25) is 0 Å². The van der Waals surface area contributed by atoms with Crippen LogP contribution in [0.3, 0.4) is 0 Å². The second-order valence-electron chi connectivity index (χ2n) is 8.38. The van der Waals surface area contributed by atoms with Gasteiger partial charge in [-0.2, -0.15) is 0 Å². The van der Waals surface area contributed by atoms with Crippen LogP contribution in [0, 0.1) is 46.0 Å². The van der Waals surface area contributed by atoms with Gasteiger partial charge in [-0.25, -0.2) is 4.21 Å².